The Morgan fingerprint density at radius 2 is 2.00 bits per heavy atom. The molecule has 3 rings (SSSR count). The van der Waals surface area contributed by atoms with E-state index in [1.165, 1.54) is 19.1 Å². The zero-order valence-corrected chi connectivity index (χ0v) is 14.9. The summed E-state index contributed by atoms with van der Waals surface area (Å²) in [5.74, 6) is 0.755. The maximum Gasteiger partial charge on any atom is 0.208 e. The Balaban J connectivity index is 1.49. The minimum Gasteiger partial charge on any atom is -0.381 e. The summed E-state index contributed by atoms with van der Waals surface area (Å²) in [7, 11) is -3.14. The first-order chi connectivity index (χ1) is 10.9. The quantitative estimate of drug-likeness (QED) is 0.804. The lowest BCUT2D eigenvalue weighted by Crippen LogP contribution is -2.47. The summed E-state index contributed by atoms with van der Waals surface area (Å²) < 4.78 is 36.9. The maximum absolute atomic E-state index is 11.3. The number of likely N-dealkylation sites (tertiary alicyclic amines) is 1. The molecule has 134 valence electrons. The molecular weight excluding hydrogens is 316 g/mol. The van der Waals surface area contributed by atoms with E-state index in [4.69, 9.17) is 9.47 Å². The molecular formula is C16H30N2O4S. The Labute approximate surface area is 139 Å². The normalized spacial score (nSPS) is 34.2. The third-order valence-electron chi connectivity index (χ3n) is 5.40. The molecule has 0 aromatic rings. The van der Waals surface area contributed by atoms with Gasteiger partial charge in [-0.3, -0.25) is 0 Å². The Morgan fingerprint density at radius 3 is 2.74 bits per heavy atom. The van der Waals surface area contributed by atoms with Gasteiger partial charge < -0.3 is 14.4 Å². The van der Waals surface area contributed by atoms with Crippen LogP contribution in [0.2, 0.25) is 0 Å². The highest BCUT2D eigenvalue weighted by atomic mass is 32.2. The molecule has 1 spiro atoms. The van der Waals surface area contributed by atoms with Crippen LogP contribution in [0.15, 0.2) is 0 Å². The van der Waals surface area contributed by atoms with Crippen LogP contribution < -0.4 is 4.72 Å². The molecule has 7 heteroatoms. The molecule has 0 saturated carbocycles. The van der Waals surface area contributed by atoms with Gasteiger partial charge >= 0.3 is 0 Å². The number of hydrogen-bond donors (Lipinski definition) is 1. The lowest BCUT2D eigenvalue weighted by atomic mass is 9.90. The van der Waals surface area contributed by atoms with E-state index in [0.717, 1.165) is 64.4 Å². The van der Waals surface area contributed by atoms with Crippen LogP contribution in [0.3, 0.4) is 0 Å². The van der Waals surface area contributed by atoms with E-state index in [0.29, 0.717) is 6.54 Å². The van der Waals surface area contributed by atoms with Gasteiger partial charge in [-0.2, -0.15) is 0 Å². The van der Waals surface area contributed by atoms with Crippen LogP contribution in [-0.2, 0) is 19.5 Å². The number of sulfonamides is 1. The number of rotatable bonds is 5. The van der Waals surface area contributed by atoms with E-state index in [1.807, 2.05) is 0 Å². The van der Waals surface area contributed by atoms with Gasteiger partial charge in [0.25, 0.3) is 0 Å². The van der Waals surface area contributed by atoms with Crippen LogP contribution in [0, 0.1) is 5.92 Å². The highest BCUT2D eigenvalue weighted by Crippen LogP contribution is 2.37. The molecule has 3 fully saturated rings. The lowest BCUT2D eigenvalue weighted by molar-refractivity contribution is -0.118. The number of ether oxygens (including phenoxy) is 2. The van der Waals surface area contributed by atoms with Gasteiger partial charge in [-0.05, 0) is 44.4 Å². The summed E-state index contributed by atoms with van der Waals surface area (Å²) in [6, 6.07) is 0. The van der Waals surface area contributed by atoms with Crippen molar-refractivity contribution < 1.29 is 17.9 Å². The molecule has 0 aliphatic carbocycles. The molecule has 0 amide bonds. The topological polar surface area (TPSA) is 67.9 Å². The molecule has 0 aromatic carbocycles. The van der Waals surface area contributed by atoms with Crippen molar-refractivity contribution in [2.75, 3.05) is 45.6 Å². The van der Waals surface area contributed by atoms with Crippen molar-refractivity contribution in [3.63, 3.8) is 0 Å². The molecule has 0 radical (unpaired) electrons. The average molecular weight is 346 g/mol. The van der Waals surface area contributed by atoms with Crippen molar-refractivity contribution in [1.29, 1.82) is 0 Å². The summed E-state index contributed by atoms with van der Waals surface area (Å²) in [6.07, 6.45) is 7.82. The van der Waals surface area contributed by atoms with E-state index < -0.39 is 10.0 Å². The van der Waals surface area contributed by atoms with Crippen LogP contribution in [0.5, 0.6) is 0 Å². The summed E-state index contributed by atoms with van der Waals surface area (Å²) in [5, 5.41) is 0. The number of nitrogens with one attached hydrogen (secondary N) is 1. The van der Waals surface area contributed by atoms with Crippen molar-refractivity contribution >= 4 is 10.0 Å². The van der Waals surface area contributed by atoms with Crippen molar-refractivity contribution in [3.8, 4) is 0 Å². The second-order valence-corrected chi connectivity index (χ2v) is 9.31. The predicted octanol–water partition coefficient (Wildman–Crippen LogP) is 0.976. The minimum atomic E-state index is -3.14. The first-order valence-electron chi connectivity index (χ1n) is 8.87. The van der Waals surface area contributed by atoms with Crippen LogP contribution in [0.4, 0.5) is 0 Å². The largest absolute Gasteiger partial charge is 0.381 e. The third-order valence-corrected chi connectivity index (χ3v) is 6.09. The van der Waals surface area contributed by atoms with E-state index in [2.05, 4.69) is 9.62 Å². The monoisotopic (exact) mass is 346 g/mol. The number of hydrogen-bond acceptors (Lipinski definition) is 5. The van der Waals surface area contributed by atoms with E-state index in [9.17, 15) is 8.42 Å². The Morgan fingerprint density at radius 1 is 1.22 bits per heavy atom. The molecule has 0 unspecified atom stereocenters. The summed E-state index contributed by atoms with van der Waals surface area (Å²) in [4.78, 5) is 2.54. The summed E-state index contributed by atoms with van der Waals surface area (Å²) in [6.45, 7) is 5.46. The van der Waals surface area contributed by atoms with Crippen LogP contribution in [0.1, 0.15) is 38.5 Å². The van der Waals surface area contributed by atoms with E-state index >= 15 is 0 Å². The molecule has 2 atom stereocenters. The Kier molecular flexibility index (Phi) is 5.63. The Hall–Kier alpha value is -0.210. The fourth-order valence-electron chi connectivity index (χ4n) is 4.19. The maximum atomic E-state index is 11.3. The second kappa shape index (κ2) is 7.35. The first-order valence-corrected chi connectivity index (χ1v) is 10.8. The molecule has 23 heavy (non-hydrogen) atoms. The molecule has 6 nitrogen and oxygen atoms in total. The van der Waals surface area contributed by atoms with Gasteiger partial charge in [0.15, 0.2) is 0 Å². The van der Waals surface area contributed by atoms with Gasteiger partial charge in [-0.25, -0.2) is 13.1 Å². The standard InChI is InChI=1S/C16H30N2O4S/c1-23(19,20)17-11-15-3-2-6-16(22-15)7-8-18(13-16)12-14-4-9-21-10-5-14/h14-15,17H,2-13H2,1H3/t15-,16-/m1/s1. The van der Waals surface area contributed by atoms with Crippen molar-refractivity contribution in [1.82, 2.24) is 9.62 Å². The summed E-state index contributed by atoms with van der Waals surface area (Å²) in [5.41, 5.74) is -0.0483. The third kappa shape index (κ3) is 5.13. The highest BCUT2D eigenvalue weighted by Gasteiger charge is 2.43. The predicted molar refractivity (Wildman–Crippen MR) is 88.9 cm³/mol. The van der Waals surface area contributed by atoms with Gasteiger partial charge in [0.1, 0.15) is 0 Å². The van der Waals surface area contributed by atoms with Gasteiger partial charge in [0.05, 0.1) is 18.0 Å². The first kappa shape index (κ1) is 17.6. The van der Waals surface area contributed by atoms with Crippen LogP contribution in [-0.4, -0.2) is 70.7 Å². The molecule has 0 aromatic heterocycles. The SMILES string of the molecule is CS(=O)(=O)NC[C@H]1CCC[C@]2(CCN(CC3CCOCC3)C2)O1. The Bertz CT molecular complexity index is 492. The number of nitrogens with zero attached hydrogens (tertiary/aromatic N) is 1. The molecule has 0 bridgehead atoms. The van der Waals surface area contributed by atoms with Gasteiger partial charge in [0, 0.05) is 39.4 Å². The lowest BCUT2D eigenvalue weighted by Gasteiger charge is -2.39. The average Bonchev–Trinajstić information content (AvgIpc) is 2.88. The highest BCUT2D eigenvalue weighted by molar-refractivity contribution is 7.88. The molecule has 1 N–H and O–H groups in total. The van der Waals surface area contributed by atoms with E-state index in [1.54, 1.807) is 0 Å². The molecule has 3 aliphatic rings. The fourth-order valence-corrected chi connectivity index (χ4v) is 4.68. The minimum absolute atomic E-state index is 0.0153. The van der Waals surface area contributed by atoms with Gasteiger partial charge in [-0.1, -0.05) is 0 Å². The second-order valence-electron chi connectivity index (χ2n) is 7.48. The van der Waals surface area contributed by atoms with Gasteiger partial charge in [0.2, 0.25) is 10.0 Å². The van der Waals surface area contributed by atoms with Gasteiger partial charge in [-0.15, -0.1) is 0 Å². The zero-order valence-electron chi connectivity index (χ0n) is 14.1. The summed E-state index contributed by atoms with van der Waals surface area (Å²) >= 11 is 0. The zero-order chi connectivity index (χ0) is 16.3. The van der Waals surface area contributed by atoms with Crippen molar-refractivity contribution in [3.05, 3.63) is 0 Å². The van der Waals surface area contributed by atoms with Crippen molar-refractivity contribution in [2.24, 2.45) is 5.92 Å². The smallest absolute Gasteiger partial charge is 0.208 e. The van der Waals surface area contributed by atoms with Crippen LogP contribution >= 0.6 is 0 Å². The molecule has 3 heterocycles. The van der Waals surface area contributed by atoms with E-state index in [-0.39, 0.29) is 11.7 Å². The van der Waals surface area contributed by atoms with Crippen LogP contribution in [0.25, 0.3) is 0 Å². The van der Waals surface area contributed by atoms with Crippen molar-refractivity contribution in [2.45, 2.75) is 50.2 Å². The fraction of sp³-hybridized carbons (Fsp3) is 1.00. The molecule has 3 aliphatic heterocycles. The molecule has 3 saturated heterocycles.